The average molecular weight is 456 g/mol. The number of anilines is 1. The molecule has 4 rings (SSSR count). The SMILES string of the molecule is C=C(C#CC(N)=O)c1nc(N)c2ccc(-c3cccs3)cc2c1C(N)=O.Cc1ccccn1. The molecule has 3 heterocycles. The topological polar surface area (TPSA) is 138 Å². The lowest BCUT2D eigenvalue weighted by atomic mass is 9.97. The minimum absolute atomic E-state index is 0.132. The van der Waals surface area contributed by atoms with Crippen LogP contribution in [-0.4, -0.2) is 21.8 Å². The number of nitrogen functional groups attached to an aromatic ring is 1. The molecule has 0 saturated heterocycles. The summed E-state index contributed by atoms with van der Waals surface area (Å²) in [6.45, 7) is 5.73. The van der Waals surface area contributed by atoms with E-state index in [0.717, 1.165) is 16.1 Å². The van der Waals surface area contributed by atoms with E-state index >= 15 is 0 Å². The number of benzene rings is 1. The maximum Gasteiger partial charge on any atom is 0.293 e. The van der Waals surface area contributed by atoms with Gasteiger partial charge in [-0.3, -0.25) is 14.6 Å². The maximum absolute atomic E-state index is 12.2. The van der Waals surface area contributed by atoms with E-state index in [0.29, 0.717) is 10.8 Å². The Bertz CT molecular complexity index is 1400. The molecular weight excluding hydrogens is 434 g/mol. The first-order chi connectivity index (χ1) is 15.8. The summed E-state index contributed by atoms with van der Waals surface area (Å²) < 4.78 is 0. The van der Waals surface area contributed by atoms with Gasteiger partial charge < -0.3 is 17.2 Å². The number of nitrogens with zero attached hydrogens (tertiary/aromatic N) is 2. The molecule has 0 radical (unpaired) electrons. The molecule has 0 aliphatic rings. The summed E-state index contributed by atoms with van der Waals surface area (Å²) in [6.07, 6.45) is 1.79. The Kier molecular flexibility index (Phi) is 7.18. The Morgan fingerprint density at radius 3 is 2.36 bits per heavy atom. The summed E-state index contributed by atoms with van der Waals surface area (Å²) in [5.41, 5.74) is 19.1. The van der Waals surface area contributed by atoms with Crippen molar-refractivity contribution in [2.24, 2.45) is 11.5 Å². The summed E-state index contributed by atoms with van der Waals surface area (Å²) in [7, 11) is 0. The Labute approximate surface area is 195 Å². The second kappa shape index (κ2) is 10.2. The second-order valence-corrected chi connectivity index (χ2v) is 7.83. The van der Waals surface area contributed by atoms with Gasteiger partial charge in [0.2, 0.25) is 0 Å². The molecule has 7 nitrogen and oxygen atoms in total. The second-order valence-electron chi connectivity index (χ2n) is 6.89. The minimum atomic E-state index is -0.819. The van der Waals surface area contributed by atoms with Crippen molar-refractivity contribution in [2.45, 2.75) is 6.92 Å². The van der Waals surface area contributed by atoms with Crippen LogP contribution in [0.1, 0.15) is 21.7 Å². The molecule has 0 fully saturated rings. The quantitative estimate of drug-likeness (QED) is 0.406. The van der Waals surface area contributed by atoms with Crippen LogP contribution in [-0.2, 0) is 4.79 Å². The van der Waals surface area contributed by atoms with Gasteiger partial charge in [0.1, 0.15) is 5.82 Å². The van der Waals surface area contributed by atoms with Gasteiger partial charge in [-0.2, -0.15) is 0 Å². The molecule has 0 bridgehead atoms. The van der Waals surface area contributed by atoms with Gasteiger partial charge >= 0.3 is 0 Å². The van der Waals surface area contributed by atoms with Crippen molar-refractivity contribution in [3.8, 4) is 22.3 Å². The lowest BCUT2D eigenvalue weighted by molar-refractivity contribution is -0.112. The molecular formula is C25H21N5O2S. The van der Waals surface area contributed by atoms with Crippen LogP contribution in [0.4, 0.5) is 5.82 Å². The molecule has 1 aromatic carbocycles. The number of rotatable bonds is 3. The van der Waals surface area contributed by atoms with Crippen molar-refractivity contribution in [1.29, 1.82) is 0 Å². The molecule has 164 valence electrons. The number of primary amides is 2. The largest absolute Gasteiger partial charge is 0.383 e. The van der Waals surface area contributed by atoms with Gasteiger partial charge in [-0.05, 0) is 42.1 Å². The normalized spacial score (nSPS) is 9.85. The van der Waals surface area contributed by atoms with E-state index in [2.05, 4.69) is 28.4 Å². The third-order valence-electron chi connectivity index (χ3n) is 4.52. The molecule has 0 aliphatic carbocycles. The third kappa shape index (κ3) is 5.61. The molecule has 2 amide bonds. The van der Waals surface area contributed by atoms with Crippen molar-refractivity contribution in [2.75, 3.05) is 5.73 Å². The molecule has 0 atom stereocenters. The summed E-state index contributed by atoms with van der Waals surface area (Å²) in [5.74, 6) is 3.35. The number of hydrogen-bond donors (Lipinski definition) is 3. The number of nitrogens with two attached hydrogens (primary N) is 3. The lowest BCUT2D eigenvalue weighted by Crippen LogP contribution is -2.16. The number of aryl methyl sites for hydroxylation is 1. The highest BCUT2D eigenvalue weighted by atomic mass is 32.1. The molecule has 0 aliphatic heterocycles. The Morgan fingerprint density at radius 2 is 1.82 bits per heavy atom. The highest BCUT2D eigenvalue weighted by Crippen LogP contribution is 2.33. The van der Waals surface area contributed by atoms with Crippen LogP contribution in [0.2, 0.25) is 0 Å². The van der Waals surface area contributed by atoms with E-state index < -0.39 is 11.8 Å². The fraction of sp³-hybridized carbons (Fsp3) is 0.0400. The first-order valence-electron chi connectivity index (χ1n) is 9.73. The summed E-state index contributed by atoms with van der Waals surface area (Å²) in [4.78, 5) is 32.3. The van der Waals surface area contributed by atoms with E-state index in [1.165, 1.54) is 0 Å². The number of aromatic nitrogens is 2. The monoisotopic (exact) mass is 455 g/mol. The van der Waals surface area contributed by atoms with E-state index in [1.54, 1.807) is 23.6 Å². The van der Waals surface area contributed by atoms with E-state index in [9.17, 15) is 9.59 Å². The third-order valence-corrected chi connectivity index (χ3v) is 5.44. The molecule has 0 spiro atoms. The van der Waals surface area contributed by atoms with Crippen LogP contribution in [0.15, 0.2) is 66.7 Å². The number of hydrogen-bond acceptors (Lipinski definition) is 6. The molecule has 0 saturated carbocycles. The molecule has 3 aromatic heterocycles. The first-order valence-corrected chi connectivity index (χ1v) is 10.6. The molecule has 33 heavy (non-hydrogen) atoms. The Balaban J connectivity index is 0.000000374. The Hall–Kier alpha value is -4.48. The number of allylic oxidation sites excluding steroid dienone is 1. The maximum atomic E-state index is 12.2. The van der Waals surface area contributed by atoms with Crippen LogP contribution in [0.25, 0.3) is 26.8 Å². The van der Waals surface area contributed by atoms with Crippen molar-refractivity contribution in [1.82, 2.24) is 9.97 Å². The van der Waals surface area contributed by atoms with E-state index in [4.69, 9.17) is 17.2 Å². The van der Waals surface area contributed by atoms with Crippen LogP contribution < -0.4 is 17.2 Å². The fourth-order valence-corrected chi connectivity index (χ4v) is 3.77. The highest BCUT2D eigenvalue weighted by Gasteiger charge is 2.19. The zero-order chi connectivity index (χ0) is 24.0. The number of amides is 2. The number of carbonyl (C=O) groups excluding carboxylic acids is 2. The average Bonchev–Trinajstić information content (AvgIpc) is 3.32. The van der Waals surface area contributed by atoms with Crippen molar-refractivity contribution < 1.29 is 9.59 Å². The van der Waals surface area contributed by atoms with Gasteiger partial charge in [0.15, 0.2) is 0 Å². The summed E-state index contributed by atoms with van der Waals surface area (Å²) in [5, 5.41) is 3.11. The van der Waals surface area contributed by atoms with Gasteiger partial charge in [-0.15, -0.1) is 11.3 Å². The predicted molar refractivity (Wildman–Crippen MR) is 133 cm³/mol. The van der Waals surface area contributed by atoms with E-state index in [-0.39, 0.29) is 22.6 Å². The number of pyridine rings is 2. The van der Waals surface area contributed by atoms with Crippen LogP contribution >= 0.6 is 11.3 Å². The fourth-order valence-electron chi connectivity index (χ4n) is 3.05. The standard InChI is InChI=1S/C19H14N4O2S.C6H7N/c1-10(4-7-15(20)24)17-16(19(22)25)13-9-11(14-3-2-8-26-14)5-6-12(13)18(21)23-17;1-6-4-2-3-5-7-6/h2-3,5-6,8-9H,1H2,(H2,20,24)(H2,21,23)(H2,22,25);2-5H,1H3. The Morgan fingerprint density at radius 1 is 1.03 bits per heavy atom. The molecule has 6 N–H and O–H groups in total. The highest BCUT2D eigenvalue weighted by molar-refractivity contribution is 7.13. The van der Waals surface area contributed by atoms with Crippen LogP contribution in [0.5, 0.6) is 0 Å². The lowest BCUT2D eigenvalue weighted by Gasteiger charge is -2.12. The smallest absolute Gasteiger partial charge is 0.293 e. The number of carbonyl (C=O) groups is 2. The number of fused-ring (bicyclic) bond motifs is 1. The van der Waals surface area contributed by atoms with Crippen LogP contribution in [0, 0.1) is 18.8 Å². The van der Waals surface area contributed by atoms with Crippen molar-refractivity contribution >= 4 is 45.3 Å². The van der Waals surface area contributed by atoms with Crippen molar-refractivity contribution in [3.63, 3.8) is 0 Å². The predicted octanol–water partition coefficient (Wildman–Crippen LogP) is 3.54. The van der Waals surface area contributed by atoms with Gasteiger partial charge in [-0.1, -0.05) is 36.8 Å². The van der Waals surface area contributed by atoms with Gasteiger partial charge in [0, 0.05) is 39.0 Å². The van der Waals surface area contributed by atoms with Gasteiger partial charge in [-0.25, -0.2) is 4.98 Å². The first kappa shape index (κ1) is 23.2. The molecule has 0 unspecified atom stereocenters. The van der Waals surface area contributed by atoms with Gasteiger partial charge in [0.25, 0.3) is 11.8 Å². The number of thiophene rings is 1. The van der Waals surface area contributed by atoms with Crippen LogP contribution in [0.3, 0.4) is 0 Å². The van der Waals surface area contributed by atoms with E-state index in [1.807, 2.05) is 54.8 Å². The summed E-state index contributed by atoms with van der Waals surface area (Å²) in [6, 6.07) is 15.3. The summed E-state index contributed by atoms with van der Waals surface area (Å²) >= 11 is 1.57. The minimum Gasteiger partial charge on any atom is -0.383 e. The van der Waals surface area contributed by atoms with Gasteiger partial charge in [0.05, 0.1) is 11.3 Å². The zero-order valence-electron chi connectivity index (χ0n) is 17.8. The molecule has 4 aromatic rings. The van der Waals surface area contributed by atoms with Crippen molar-refractivity contribution in [3.05, 3.63) is 83.6 Å². The zero-order valence-corrected chi connectivity index (χ0v) is 18.6. The molecule has 8 heteroatoms.